The number of nitrogen functional groups attached to an aromatic ring is 1. The lowest BCUT2D eigenvalue weighted by atomic mass is 10.0. The number of anilines is 1. The second-order valence-corrected chi connectivity index (χ2v) is 6.67. The number of aromatic nitrogens is 4. The maximum atomic E-state index is 5.97. The Labute approximate surface area is 150 Å². The SMILES string of the molecule is Nc1n[nH]c2ccc(-c3ccnc4[nH]c(CN5CCOCC5)cc34)cc12. The highest BCUT2D eigenvalue weighted by Crippen LogP contribution is 2.31. The van der Waals surface area contributed by atoms with Gasteiger partial charge in [-0.15, -0.1) is 0 Å². The van der Waals surface area contributed by atoms with Crippen LogP contribution in [0, 0.1) is 0 Å². The molecule has 4 heterocycles. The van der Waals surface area contributed by atoms with Gasteiger partial charge in [-0.05, 0) is 35.4 Å². The third kappa shape index (κ3) is 2.61. The first-order valence-corrected chi connectivity index (χ1v) is 8.78. The Bertz CT molecular complexity index is 1080. The van der Waals surface area contributed by atoms with Crippen molar-refractivity contribution in [2.75, 3.05) is 32.0 Å². The molecule has 0 atom stereocenters. The maximum Gasteiger partial charge on any atom is 0.153 e. The number of ether oxygens (including phenoxy) is 1. The van der Waals surface area contributed by atoms with Gasteiger partial charge < -0.3 is 15.5 Å². The maximum absolute atomic E-state index is 5.97. The van der Waals surface area contributed by atoms with Crippen molar-refractivity contribution in [2.45, 2.75) is 6.54 Å². The molecule has 0 bridgehead atoms. The Kier molecular flexibility index (Phi) is 3.62. The highest BCUT2D eigenvalue weighted by Gasteiger charge is 2.14. The Balaban J connectivity index is 1.55. The molecule has 7 heteroatoms. The largest absolute Gasteiger partial charge is 0.382 e. The zero-order chi connectivity index (χ0) is 17.5. The van der Waals surface area contributed by atoms with Crippen molar-refractivity contribution in [2.24, 2.45) is 0 Å². The minimum absolute atomic E-state index is 0.522. The summed E-state index contributed by atoms with van der Waals surface area (Å²) in [5.74, 6) is 0.522. The van der Waals surface area contributed by atoms with Gasteiger partial charge in [0.2, 0.25) is 0 Å². The van der Waals surface area contributed by atoms with Crippen LogP contribution in [-0.2, 0) is 11.3 Å². The van der Waals surface area contributed by atoms with Crippen molar-refractivity contribution in [1.29, 1.82) is 0 Å². The Morgan fingerprint density at radius 1 is 1.12 bits per heavy atom. The lowest BCUT2D eigenvalue weighted by Gasteiger charge is -2.25. The van der Waals surface area contributed by atoms with Crippen LogP contribution in [0.15, 0.2) is 36.5 Å². The molecule has 132 valence electrons. The number of morpholine rings is 1. The first-order valence-electron chi connectivity index (χ1n) is 8.78. The zero-order valence-electron chi connectivity index (χ0n) is 14.3. The van der Waals surface area contributed by atoms with Gasteiger partial charge in [-0.25, -0.2) is 4.98 Å². The van der Waals surface area contributed by atoms with E-state index in [-0.39, 0.29) is 0 Å². The van der Waals surface area contributed by atoms with Gasteiger partial charge in [0.15, 0.2) is 5.82 Å². The Hall–Kier alpha value is -2.90. The summed E-state index contributed by atoms with van der Waals surface area (Å²) in [6, 6.07) is 10.4. The average Bonchev–Trinajstić information content (AvgIpc) is 3.25. The molecule has 1 aliphatic heterocycles. The lowest BCUT2D eigenvalue weighted by molar-refractivity contribution is 0.0337. The molecule has 4 N–H and O–H groups in total. The molecule has 1 aromatic carbocycles. The summed E-state index contributed by atoms with van der Waals surface area (Å²) in [5, 5.41) is 9.09. The summed E-state index contributed by atoms with van der Waals surface area (Å²) in [6.07, 6.45) is 1.84. The fourth-order valence-corrected chi connectivity index (χ4v) is 3.62. The van der Waals surface area contributed by atoms with Gasteiger partial charge in [-0.1, -0.05) is 6.07 Å². The van der Waals surface area contributed by atoms with Crippen LogP contribution in [0.2, 0.25) is 0 Å². The van der Waals surface area contributed by atoms with Crippen LogP contribution in [0.5, 0.6) is 0 Å². The molecule has 4 aromatic rings. The number of pyridine rings is 1. The van der Waals surface area contributed by atoms with Crippen LogP contribution in [0.4, 0.5) is 5.82 Å². The van der Waals surface area contributed by atoms with Crippen molar-refractivity contribution >= 4 is 27.8 Å². The molecule has 7 nitrogen and oxygen atoms in total. The van der Waals surface area contributed by atoms with E-state index in [1.807, 2.05) is 18.3 Å². The Morgan fingerprint density at radius 2 is 2.00 bits per heavy atom. The summed E-state index contributed by atoms with van der Waals surface area (Å²) in [4.78, 5) is 10.4. The van der Waals surface area contributed by atoms with Gasteiger partial charge in [0.1, 0.15) is 5.65 Å². The number of nitrogens with one attached hydrogen (secondary N) is 2. The molecule has 0 saturated carbocycles. The molecule has 0 radical (unpaired) electrons. The van der Waals surface area contributed by atoms with Gasteiger partial charge in [0.05, 0.1) is 18.7 Å². The van der Waals surface area contributed by atoms with Gasteiger partial charge >= 0.3 is 0 Å². The average molecular weight is 348 g/mol. The van der Waals surface area contributed by atoms with E-state index in [1.54, 1.807) is 0 Å². The molecule has 0 aliphatic carbocycles. The number of nitrogens with two attached hydrogens (primary N) is 1. The fraction of sp³-hybridized carbons (Fsp3) is 0.263. The second-order valence-electron chi connectivity index (χ2n) is 6.67. The summed E-state index contributed by atoms with van der Waals surface area (Å²) < 4.78 is 5.43. The first-order chi connectivity index (χ1) is 12.8. The van der Waals surface area contributed by atoms with E-state index in [0.717, 1.165) is 65.9 Å². The topological polar surface area (TPSA) is 95.8 Å². The molecule has 0 spiro atoms. The number of aromatic amines is 2. The number of hydrogen-bond acceptors (Lipinski definition) is 5. The predicted octanol–water partition coefficient (Wildman–Crippen LogP) is 2.52. The van der Waals surface area contributed by atoms with Crippen molar-refractivity contribution < 1.29 is 4.74 Å². The number of fused-ring (bicyclic) bond motifs is 2. The molecule has 5 rings (SSSR count). The molecule has 3 aromatic heterocycles. The van der Waals surface area contributed by atoms with Crippen LogP contribution >= 0.6 is 0 Å². The summed E-state index contributed by atoms with van der Waals surface area (Å²) in [7, 11) is 0. The molecule has 0 unspecified atom stereocenters. The molecular formula is C19H20N6O. The molecule has 0 amide bonds. The summed E-state index contributed by atoms with van der Waals surface area (Å²) in [6.45, 7) is 4.41. The minimum atomic E-state index is 0.522. The summed E-state index contributed by atoms with van der Waals surface area (Å²) >= 11 is 0. The highest BCUT2D eigenvalue weighted by atomic mass is 16.5. The van der Waals surface area contributed by atoms with Gasteiger partial charge in [-0.2, -0.15) is 5.10 Å². The van der Waals surface area contributed by atoms with Crippen LogP contribution < -0.4 is 5.73 Å². The van der Waals surface area contributed by atoms with E-state index in [9.17, 15) is 0 Å². The van der Waals surface area contributed by atoms with E-state index in [0.29, 0.717) is 5.82 Å². The van der Waals surface area contributed by atoms with Crippen molar-refractivity contribution in [3.63, 3.8) is 0 Å². The van der Waals surface area contributed by atoms with Gasteiger partial charge in [0.25, 0.3) is 0 Å². The van der Waals surface area contributed by atoms with E-state index < -0.39 is 0 Å². The van der Waals surface area contributed by atoms with Crippen LogP contribution in [0.1, 0.15) is 5.69 Å². The number of rotatable bonds is 3. The van der Waals surface area contributed by atoms with Gasteiger partial charge in [0, 0.05) is 42.3 Å². The van der Waals surface area contributed by atoms with Crippen LogP contribution in [0.25, 0.3) is 33.1 Å². The number of benzene rings is 1. The van der Waals surface area contributed by atoms with Crippen LogP contribution in [0.3, 0.4) is 0 Å². The van der Waals surface area contributed by atoms with Crippen molar-refractivity contribution in [3.05, 3.63) is 42.2 Å². The normalized spacial score (nSPS) is 15.8. The minimum Gasteiger partial charge on any atom is -0.382 e. The zero-order valence-corrected chi connectivity index (χ0v) is 14.3. The molecular weight excluding hydrogens is 328 g/mol. The predicted molar refractivity (Wildman–Crippen MR) is 102 cm³/mol. The molecule has 1 fully saturated rings. The molecule has 1 aliphatic rings. The number of hydrogen-bond donors (Lipinski definition) is 3. The van der Waals surface area contributed by atoms with Crippen molar-refractivity contribution in [1.82, 2.24) is 25.1 Å². The second kappa shape index (κ2) is 6.12. The van der Waals surface area contributed by atoms with Crippen molar-refractivity contribution in [3.8, 4) is 11.1 Å². The third-order valence-corrected chi connectivity index (χ3v) is 4.99. The summed E-state index contributed by atoms with van der Waals surface area (Å²) in [5.41, 5.74) is 11.2. The third-order valence-electron chi connectivity index (χ3n) is 4.99. The standard InChI is InChI=1S/C19H20N6O/c20-18-16-9-12(1-2-17(16)23-24-18)14-3-4-21-19-15(14)10-13(22-19)11-25-5-7-26-8-6-25/h1-4,9-10H,5-8,11H2,(H,21,22)(H3,20,23,24). The smallest absolute Gasteiger partial charge is 0.153 e. The number of nitrogens with zero attached hydrogens (tertiary/aromatic N) is 3. The van der Waals surface area contributed by atoms with Gasteiger partial charge in [-0.3, -0.25) is 10.00 Å². The van der Waals surface area contributed by atoms with E-state index in [4.69, 9.17) is 10.5 Å². The van der Waals surface area contributed by atoms with Crippen LogP contribution in [-0.4, -0.2) is 51.4 Å². The molecule has 26 heavy (non-hydrogen) atoms. The Morgan fingerprint density at radius 3 is 2.88 bits per heavy atom. The van der Waals surface area contributed by atoms with E-state index in [2.05, 4.69) is 43.3 Å². The van der Waals surface area contributed by atoms with E-state index >= 15 is 0 Å². The molecule has 1 saturated heterocycles. The monoisotopic (exact) mass is 348 g/mol. The fourth-order valence-electron chi connectivity index (χ4n) is 3.62. The first kappa shape index (κ1) is 15.4. The highest BCUT2D eigenvalue weighted by molar-refractivity contribution is 5.98. The lowest BCUT2D eigenvalue weighted by Crippen LogP contribution is -2.35. The number of H-pyrrole nitrogens is 2. The van der Waals surface area contributed by atoms with E-state index in [1.165, 1.54) is 5.69 Å². The quantitative estimate of drug-likeness (QED) is 0.529.